The molecule has 1 aliphatic carbocycles. The molecule has 0 heterocycles. The summed E-state index contributed by atoms with van der Waals surface area (Å²) < 4.78 is 25.7. The first kappa shape index (κ1) is 28.6. The molecule has 0 N–H and O–H groups in total. The van der Waals surface area contributed by atoms with Crippen molar-refractivity contribution in [2.75, 3.05) is 13.2 Å². The van der Waals surface area contributed by atoms with Gasteiger partial charge in [0.1, 0.15) is 17.3 Å². The lowest BCUT2D eigenvalue weighted by Gasteiger charge is -2.15. The number of unbranched alkanes of at least 4 members (excludes halogenated alkanes) is 1. The average molecular weight is 533 g/mol. The molecular formula is C30H28O9. The van der Waals surface area contributed by atoms with Gasteiger partial charge >= 0.3 is 24.1 Å². The van der Waals surface area contributed by atoms with E-state index in [1.54, 1.807) is 42.5 Å². The van der Waals surface area contributed by atoms with E-state index >= 15 is 0 Å². The van der Waals surface area contributed by atoms with E-state index in [-0.39, 0.29) is 24.5 Å². The standard InChI is InChI=1S/C30H28O9/c1-3-21-7-9-22(10-8-21)28(32)37-24-15-17-25(18-16-24)38-29(33)23-11-13-26(14-12-23)39-30(34)36-20-6-5-19-35-27(31)4-2/h3-4,7-15,17H,1-2,5-6,16,18-20H2. The van der Waals surface area contributed by atoms with Gasteiger partial charge in [0.25, 0.3) is 0 Å². The van der Waals surface area contributed by atoms with Crippen molar-refractivity contribution in [1.29, 1.82) is 0 Å². The third kappa shape index (κ3) is 9.47. The summed E-state index contributed by atoms with van der Waals surface area (Å²) in [6, 6.07) is 12.7. The molecule has 2 aromatic rings. The van der Waals surface area contributed by atoms with Crippen LogP contribution in [0.1, 0.15) is 52.0 Å². The van der Waals surface area contributed by atoms with Crippen molar-refractivity contribution in [2.45, 2.75) is 25.7 Å². The van der Waals surface area contributed by atoms with Crippen LogP contribution in [0.2, 0.25) is 0 Å². The smallest absolute Gasteiger partial charge is 0.463 e. The minimum atomic E-state index is -0.891. The molecule has 0 aromatic heterocycles. The molecule has 0 saturated carbocycles. The largest absolute Gasteiger partial charge is 0.513 e. The molecule has 0 amide bonds. The molecule has 0 fully saturated rings. The van der Waals surface area contributed by atoms with Crippen molar-refractivity contribution < 1.29 is 42.9 Å². The van der Waals surface area contributed by atoms with Crippen LogP contribution in [0, 0.1) is 0 Å². The normalized spacial score (nSPS) is 12.2. The maximum absolute atomic E-state index is 12.5. The zero-order valence-corrected chi connectivity index (χ0v) is 21.3. The van der Waals surface area contributed by atoms with Crippen LogP contribution in [0.15, 0.2) is 91.4 Å². The Bertz CT molecular complexity index is 1270. The van der Waals surface area contributed by atoms with E-state index in [0.717, 1.165) is 11.6 Å². The Morgan fingerprint density at radius 2 is 1.21 bits per heavy atom. The molecule has 1 aliphatic rings. The molecule has 3 rings (SSSR count). The maximum Gasteiger partial charge on any atom is 0.513 e. The first-order valence-corrected chi connectivity index (χ1v) is 12.2. The molecule has 9 nitrogen and oxygen atoms in total. The van der Waals surface area contributed by atoms with Gasteiger partial charge in [-0.2, -0.15) is 0 Å². The number of hydrogen-bond acceptors (Lipinski definition) is 9. The Morgan fingerprint density at radius 1 is 0.692 bits per heavy atom. The highest BCUT2D eigenvalue weighted by Crippen LogP contribution is 2.23. The Kier molecular flexibility index (Phi) is 10.8. The van der Waals surface area contributed by atoms with Crippen molar-refractivity contribution in [3.63, 3.8) is 0 Å². The number of benzene rings is 2. The van der Waals surface area contributed by atoms with Gasteiger partial charge in [-0.05, 0) is 67.0 Å². The fourth-order valence-corrected chi connectivity index (χ4v) is 3.26. The van der Waals surface area contributed by atoms with Gasteiger partial charge in [0.2, 0.25) is 0 Å². The second-order valence-corrected chi connectivity index (χ2v) is 8.17. The summed E-state index contributed by atoms with van der Waals surface area (Å²) in [5.41, 5.74) is 1.58. The van der Waals surface area contributed by atoms with Gasteiger partial charge in [0.15, 0.2) is 0 Å². The molecule has 2 aromatic carbocycles. The van der Waals surface area contributed by atoms with E-state index in [0.29, 0.717) is 42.8 Å². The molecule has 0 aliphatic heterocycles. The molecule has 0 saturated heterocycles. The van der Waals surface area contributed by atoms with Gasteiger partial charge in [0, 0.05) is 18.9 Å². The summed E-state index contributed by atoms with van der Waals surface area (Å²) in [7, 11) is 0. The van der Waals surface area contributed by atoms with E-state index in [1.165, 1.54) is 24.3 Å². The molecule has 202 valence electrons. The fraction of sp³-hybridized carbons (Fsp3) is 0.200. The quantitative estimate of drug-likeness (QED) is 0.108. The number of carbonyl (C=O) groups excluding carboxylic acids is 4. The van der Waals surface area contributed by atoms with Crippen LogP contribution in [0.4, 0.5) is 4.79 Å². The fourth-order valence-electron chi connectivity index (χ4n) is 3.26. The van der Waals surface area contributed by atoms with Crippen molar-refractivity contribution >= 4 is 30.1 Å². The van der Waals surface area contributed by atoms with Gasteiger partial charge in [-0.15, -0.1) is 0 Å². The SMILES string of the molecule is C=CC(=O)OCCCCOC(=O)Oc1ccc(C(=O)OC2=CC=C(OC(=O)c3ccc(C=C)cc3)CC2)cc1. The van der Waals surface area contributed by atoms with Gasteiger partial charge < -0.3 is 23.7 Å². The zero-order valence-electron chi connectivity index (χ0n) is 21.3. The zero-order chi connectivity index (χ0) is 28.0. The molecule has 39 heavy (non-hydrogen) atoms. The molecule has 0 bridgehead atoms. The van der Waals surface area contributed by atoms with Crippen molar-refractivity contribution in [3.05, 3.63) is 108 Å². The second kappa shape index (κ2) is 14.7. The Labute approximate surface area is 226 Å². The Morgan fingerprint density at radius 3 is 1.69 bits per heavy atom. The minimum Gasteiger partial charge on any atom is -0.463 e. The maximum atomic E-state index is 12.5. The van der Waals surface area contributed by atoms with Crippen LogP contribution in [-0.4, -0.2) is 37.3 Å². The topological polar surface area (TPSA) is 114 Å². The Hall–Kier alpha value is -4.92. The first-order valence-electron chi connectivity index (χ1n) is 12.2. The lowest BCUT2D eigenvalue weighted by Crippen LogP contribution is -2.12. The minimum absolute atomic E-state index is 0.0994. The van der Waals surface area contributed by atoms with Crippen molar-refractivity contribution in [3.8, 4) is 5.75 Å². The number of allylic oxidation sites excluding steroid dienone is 4. The third-order valence-corrected chi connectivity index (χ3v) is 5.36. The molecular weight excluding hydrogens is 504 g/mol. The van der Waals surface area contributed by atoms with Gasteiger partial charge in [-0.3, -0.25) is 0 Å². The summed E-state index contributed by atoms with van der Waals surface area (Å²) in [4.78, 5) is 47.5. The number of rotatable bonds is 12. The van der Waals surface area contributed by atoms with Crippen LogP contribution in [0.5, 0.6) is 5.75 Å². The van der Waals surface area contributed by atoms with E-state index < -0.39 is 24.1 Å². The molecule has 9 heteroatoms. The van der Waals surface area contributed by atoms with E-state index in [9.17, 15) is 19.2 Å². The van der Waals surface area contributed by atoms with Crippen LogP contribution in [0.25, 0.3) is 6.08 Å². The van der Waals surface area contributed by atoms with E-state index in [1.807, 2.05) is 0 Å². The van der Waals surface area contributed by atoms with Crippen molar-refractivity contribution in [1.82, 2.24) is 0 Å². The van der Waals surface area contributed by atoms with Crippen LogP contribution in [-0.2, 0) is 23.7 Å². The molecule has 0 atom stereocenters. The van der Waals surface area contributed by atoms with E-state index in [4.69, 9.17) is 23.7 Å². The summed E-state index contributed by atoms with van der Waals surface area (Å²) >= 11 is 0. The lowest BCUT2D eigenvalue weighted by atomic mass is 10.1. The highest BCUT2D eigenvalue weighted by atomic mass is 16.7. The Balaban J connectivity index is 1.41. The molecule has 0 unspecified atom stereocenters. The van der Waals surface area contributed by atoms with Crippen LogP contribution >= 0.6 is 0 Å². The molecule has 0 spiro atoms. The predicted molar refractivity (Wildman–Crippen MR) is 142 cm³/mol. The third-order valence-electron chi connectivity index (χ3n) is 5.36. The second-order valence-electron chi connectivity index (χ2n) is 8.17. The van der Waals surface area contributed by atoms with Crippen molar-refractivity contribution in [2.24, 2.45) is 0 Å². The highest BCUT2D eigenvalue weighted by molar-refractivity contribution is 5.91. The summed E-state index contributed by atoms with van der Waals surface area (Å²) in [6.45, 7) is 7.28. The number of carbonyl (C=O) groups is 4. The number of esters is 3. The van der Waals surface area contributed by atoms with Crippen LogP contribution in [0.3, 0.4) is 0 Å². The monoisotopic (exact) mass is 532 g/mol. The van der Waals surface area contributed by atoms with Gasteiger partial charge in [-0.25, -0.2) is 19.2 Å². The summed E-state index contributed by atoms with van der Waals surface area (Å²) in [5, 5.41) is 0. The summed E-state index contributed by atoms with van der Waals surface area (Å²) in [6.07, 6.45) is 6.83. The average Bonchev–Trinajstić information content (AvgIpc) is 2.96. The number of hydrogen-bond donors (Lipinski definition) is 0. The lowest BCUT2D eigenvalue weighted by molar-refractivity contribution is -0.137. The van der Waals surface area contributed by atoms with Crippen LogP contribution < -0.4 is 4.74 Å². The van der Waals surface area contributed by atoms with E-state index in [2.05, 4.69) is 13.2 Å². The first-order chi connectivity index (χ1) is 18.9. The van der Waals surface area contributed by atoms with Gasteiger partial charge in [0.05, 0.1) is 24.3 Å². The molecule has 0 radical (unpaired) electrons. The number of ether oxygens (including phenoxy) is 5. The predicted octanol–water partition coefficient (Wildman–Crippen LogP) is 5.93. The highest BCUT2D eigenvalue weighted by Gasteiger charge is 2.17. The van der Waals surface area contributed by atoms with Gasteiger partial charge in [-0.1, -0.05) is 31.4 Å². The summed E-state index contributed by atoms with van der Waals surface area (Å²) in [5.74, 6) is -0.460.